The third-order valence-electron chi connectivity index (χ3n) is 1.37. The zero-order chi connectivity index (χ0) is 9.35. The summed E-state index contributed by atoms with van der Waals surface area (Å²) < 4.78 is 13.0. The SMILES string of the molecule is O=[N+]([O-])C1=CC(Cl)C(F)(Cl)C=C1. The molecule has 0 saturated heterocycles. The van der Waals surface area contributed by atoms with Gasteiger partial charge in [0.1, 0.15) is 5.38 Å². The highest BCUT2D eigenvalue weighted by atomic mass is 35.5. The molecule has 6 heteroatoms. The molecule has 0 aliphatic heterocycles. The highest BCUT2D eigenvalue weighted by molar-refractivity contribution is 6.33. The maximum atomic E-state index is 13.0. The Hall–Kier alpha value is -0.610. The summed E-state index contributed by atoms with van der Waals surface area (Å²) in [7, 11) is 0. The van der Waals surface area contributed by atoms with Gasteiger partial charge in [0.05, 0.1) is 4.92 Å². The Morgan fingerprint density at radius 2 is 2.33 bits per heavy atom. The van der Waals surface area contributed by atoms with Crippen molar-refractivity contribution in [3.05, 3.63) is 34.0 Å². The number of rotatable bonds is 1. The molecule has 0 radical (unpaired) electrons. The highest BCUT2D eigenvalue weighted by Gasteiger charge is 2.36. The molecule has 0 amide bonds. The Balaban J connectivity index is 2.91. The second kappa shape index (κ2) is 3.03. The quantitative estimate of drug-likeness (QED) is 0.380. The number of hydrogen-bond donors (Lipinski definition) is 0. The van der Waals surface area contributed by atoms with Crippen molar-refractivity contribution in [2.24, 2.45) is 0 Å². The molecule has 1 aliphatic rings. The van der Waals surface area contributed by atoms with Crippen LogP contribution in [0.2, 0.25) is 0 Å². The normalized spacial score (nSPS) is 34.6. The van der Waals surface area contributed by atoms with Gasteiger partial charge in [-0.2, -0.15) is 0 Å². The molecule has 12 heavy (non-hydrogen) atoms. The molecule has 0 saturated carbocycles. The van der Waals surface area contributed by atoms with E-state index < -0.39 is 15.4 Å². The third kappa shape index (κ3) is 1.76. The molecule has 1 aliphatic carbocycles. The Morgan fingerprint density at radius 1 is 1.75 bits per heavy atom. The molecule has 0 aromatic rings. The van der Waals surface area contributed by atoms with Gasteiger partial charge in [0, 0.05) is 12.2 Å². The minimum atomic E-state index is -2.22. The molecule has 0 spiro atoms. The zero-order valence-electron chi connectivity index (χ0n) is 5.71. The molecule has 66 valence electrons. The molecular formula is C6H4Cl2FNO2. The minimum absolute atomic E-state index is 0.246. The van der Waals surface area contributed by atoms with Crippen molar-refractivity contribution in [1.29, 1.82) is 0 Å². The summed E-state index contributed by atoms with van der Waals surface area (Å²) in [6, 6.07) is 0. The number of hydrogen-bond acceptors (Lipinski definition) is 2. The third-order valence-corrected chi connectivity index (χ3v) is 2.29. The maximum Gasteiger partial charge on any atom is 0.266 e. The van der Waals surface area contributed by atoms with Crippen LogP contribution in [0.15, 0.2) is 23.9 Å². The fourth-order valence-corrected chi connectivity index (χ4v) is 1.05. The zero-order valence-corrected chi connectivity index (χ0v) is 7.22. The van der Waals surface area contributed by atoms with Crippen LogP contribution < -0.4 is 0 Å². The van der Waals surface area contributed by atoms with Crippen LogP contribution in [0.4, 0.5) is 4.39 Å². The number of allylic oxidation sites excluding steroid dienone is 3. The summed E-state index contributed by atoms with van der Waals surface area (Å²) in [5, 5.41) is 6.75. The van der Waals surface area contributed by atoms with Crippen molar-refractivity contribution in [1.82, 2.24) is 0 Å². The van der Waals surface area contributed by atoms with Crippen molar-refractivity contribution in [3.63, 3.8) is 0 Å². The maximum absolute atomic E-state index is 13.0. The molecule has 2 atom stereocenters. The van der Waals surface area contributed by atoms with E-state index in [1.807, 2.05) is 0 Å². The summed E-state index contributed by atoms with van der Waals surface area (Å²) in [5.74, 6) is 0. The van der Waals surface area contributed by atoms with Gasteiger partial charge in [-0.1, -0.05) is 11.6 Å². The second-order valence-corrected chi connectivity index (χ2v) is 3.31. The van der Waals surface area contributed by atoms with Gasteiger partial charge in [0.25, 0.3) is 5.70 Å². The van der Waals surface area contributed by atoms with Crippen molar-refractivity contribution in [2.75, 3.05) is 0 Å². The monoisotopic (exact) mass is 211 g/mol. The average molecular weight is 212 g/mol. The fraction of sp³-hybridized carbons (Fsp3) is 0.333. The van der Waals surface area contributed by atoms with Gasteiger partial charge in [-0.3, -0.25) is 10.1 Å². The van der Waals surface area contributed by atoms with Crippen LogP contribution in [0.1, 0.15) is 0 Å². The first-order valence-corrected chi connectivity index (χ1v) is 3.82. The number of nitro groups is 1. The van der Waals surface area contributed by atoms with E-state index in [2.05, 4.69) is 0 Å². The molecule has 0 N–H and O–H groups in total. The molecule has 0 fully saturated rings. The van der Waals surface area contributed by atoms with E-state index in [-0.39, 0.29) is 5.70 Å². The van der Waals surface area contributed by atoms with E-state index in [4.69, 9.17) is 23.2 Å². The minimum Gasteiger partial charge on any atom is -0.258 e. The molecule has 2 unspecified atom stereocenters. The van der Waals surface area contributed by atoms with Gasteiger partial charge in [-0.15, -0.1) is 11.6 Å². The van der Waals surface area contributed by atoms with Gasteiger partial charge < -0.3 is 0 Å². The fourth-order valence-electron chi connectivity index (χ4n) is 0.727. The number of halogens is 3. The topological polar surface area (TPSA) is 43.1 Å². The van der Waals surface area contributed by atoms with Crippen LogP contribution >= 0.6 is 23.2 Å². The summed E-state index contributed by atoms with van der Waals surface area (Å²) in [4.78, 5) is 9.52. The van der Waals surface area contributed by atoms with Crippen LogP contribution in [-0.2, 0) is 0 Å². The van der Waals surface area contributed by atoms with Gasteiger partial charge in [0.15, 0.2) is 0 Å². The summed E-state index contributed by atoms with van der Waals surface area (Å²) in [6.45, 7) is 0. The smallest absolute Gasteiger partial charge is 0.258 e. The Bertz CT molecular complexity index is 275. The van der Waals surface area contributed by atoms with Crippen LogP contribution in [0.25, 0.3) is 0 Å². The summed E-state index contributed by atoms with van der Waals surface area (Å²) in [6.07, 6.45) is 2.82. The van der Waals surface area contributed by atoms with Crippen LogP contribution in [-0.4, -0.2) is 15.4 Å². The van der Waals surface area contributed by atoms with E-state index in [0.717, 1.165) is 18.2 Å². The Labute approximate surface area is 77.6 Å². The van der Waals surface area contributed by atoms with Crippen molar-refractivity contribution in [2.45, 2.75) is 10.5 Å². The predicted octanol–water partition coefficient (Wildman–Crippen LogP) is 2.23. The predicted molar refractivity (Wildman–Crippen MR) is 43.6 cm³/mol. The average Bonchev–Trinajstić information content (AvgIpc) is 1.94. The van der Waals surface area contributed by atoms with E-state index in [9.17, 15) is 14.5 Å². The Morgan fingerprint density at radius 3 is 2.75 bits per heavy atom. The van der Waals surface area contributed by atoms with E-state index in [0.29, 0.717) is 0 Å². The first-order valence-electron chi connectivity index (χ1n) is 3.01. The van der Waals surface area contributed by atoms with Crippen LogP contribution in [0.3, 0.4) is 0 Å². The van der Waals surface area contributed by atoms with Crippen molar-refractivity contribution in [3.8, 4) is 0 Å². The lowest BCUT2D eigenvalue weighted by atomic mass is 10.1. The molecular weight excluding hydrogens is 208 g/mol. The Kier molecular flexibility index (Phi) is 2.39. The lowest BCUT2D eigenvalue weighted by Crippen LogP contribution is -2.27. The molecule has 0 bridgehead atoms. The highest BCUT2D eigenvalue weighted by Crippen LogP contribution is 2.33. The summed E-state index contributed by atoms with van der Waals surface area (Å²) in [5.41, 5.74) is -0.246. The van der Waals surface area contributed by atoms with Crippen molar-refractivity contribution < 1.29 is 9.31 Å². The van der Waals surface area contributed by atoms with E-state index in [1.54, 1.807) is 0 Å². The molecule has 3 nitrogen and oxygen atoms in total. The molecule has 0 heterocycles. The second-order valence-electron chi connectivity index (χ2n) is 2.26. The lowest BCUT2D eigenvalue weighted by molar-refractivity contribution is -0.419. The van der Waals surface area contributed by atoms with Gasteiger partial charge in [-0.05, 0) is 6.08 Å². The lowest BCUT2D eigenvalue weighted by Gasteiger charge is -2.18. The van der Waals surface area contributed by atoms with E-state index in [1.165, 1.54) is 0 Å². The molecule has 1 rings (SSSR count). The van der Waals surface area contributed by atoms with Crippen molar-refractivity contribution >= 4 is 23.2 Å². The molecule has 0 aromatic heterocycles. The standard InChI is InChI=1S/C6H4Cl2FNO2/c7-5-3-4(10(11)12)1-2-6(5,8)9/h1-3,5H. The number of alkyl halides is 3. The first-order chi connectivity index (χ1) is 5.43. The molecule has 0 aromatic carbocycles. The van der Waals surface area contributed by atoms with Gasteiger partial charge >= 0.3 is 0 Å². The summed E-state index contributed by atoms with van der Waals surface area (Å²) >= 11 is 10.6. The van der Waals surface area contributed by atoms with Crippen LogP contribution in [0, 0.1) is 10.1 Å². The first kappa shape index (κ1) is 9.48. The number of nitrogens with zero attached hydrogens (tertiary/aromatic N) is 1. The van der Waals surface area contributed by atoms with E-state index >= 15 is 0 Å². The van der Waals surface area contributed by atoms with Gasteiger partial charge in [0.2, 0.25) is 5.13 Å². The largest absolute Gasteiger partial charge is 0.266 e. The van der Waals surface area contributed by atoms with Gasteiger partial charge in [-0.25, -0.2) is 4.39 Å². The van der Waals surface area contributed by atoms with Crippen LogP contribution in [0.5, 0.6) is 0 Å².